The van der Waals surface area contributed by atoms with Gasteiger partial charge in [-0.15, -0.1) is 0 Å². The number of imidazole rings is 1. The Morgan fingerprint density at radius 3 is 2.57 bits per heavy atom. The first kappa shape index (κ1) is 19.9. The average Bonchev–Trinajstić information content (AvgIpc) is 3.09. The van der Waals surface area contributed by atoms with Crippen LogP contribution in [-0.4, -0.2) is 33.2 Å². The van der Waals surface area contributed by atoms with Gasteiger partial charge in [-0.1, -0.05) is 6.07 Å². The molecule has 0 saturated carbocycles. The highest BCUT2D eigenvalue weighted by atomic mass is 16.5. The van der Waals surface area contributed by atoms with E-state index in [9.17, 15) is 14.4 Å². The maximum absolute atomic E-state index is 13.2. The molecule has 3 heterocycles. The number of carbonyl (C=O) groups excluding carboxylic acids is 1. The largest absolute Gasteiger partial charge is 0.465 e. The van der Waals surface area contributed by atoms with Gasteiger partial charge in [0.05, 0.1) is 19.7 Å². The van der Waals surface area contributed by atoms with Crippen LogP contribution in [0.3, 0.4) is 0 Å². The van der Waals surface area contributed by atoms with Crippen LogP contribution in [0.1, 0.15) is 24.5 Å². The number of H-pyrrole nitrogens is 1. The molecule has 3 aromatic rings. The highest BCUT2D eigenvalue weighted by Gasteiger charge is 2.33. The lowest BCUT2D eigenvalue weighted by Gasteiger charge is -2.22. The van der Waals surface area contributed by atoms with Crippen LogP contribution in [0.15, 0.2) is 27.8 Å². The number of rotatable bonds is 4. The molecule has 158 valence electrons. The smallest absolute Gasteiger partial charge is 0.364 e. The van der Waals surface area contributed by atoms with Gasteiger partial charge < -0.3 is 4.74 Å². The van der Waals surface area contributed by atoms with Crippen molar-refractivity contribution in [2.75, 3.05) is 18.1 Å². The lowest BCUT2D eigenvalue weighted by Crippen LogP contribution is -2.50. The van der Waals surface area contributed by atoms with Crippen molar-refractivity contribution < 1.29 is 14.1 Å². The second-order valence-electron chi connectivity index (χ2n) is 7.69. The fraction of sp³-hybridized carbons (Fsp3) is 0.429. The molecule has 0 saturated heterocycles. The third-order valence-electron chi connectivity index (χ3n) is 5.41. The number of ether oxygens (including phenoxy) is 1. The van der Waals surface area contributed by atoms with Crippen molar-refractivity contribution in [1.29, 1.82) is 0 Å². The van der Waals surface area contributed by atoms with Crippen LogP contribution in [0.4, 0.5) is 11.6 Å². The first-order valence-electron chi connectivity index (χ1n) is 10.1. The van der Waals surface area contributed by atoms with Crippen molar-refractivity contribution in [2.24, 2.45) is 7.05 Å². The zero-order valence-corrected chi connectivity index (χ0v) is 17.7. The molecule has 9 nitrogen and oxygen atoms in total. The lowest BCUT2D eigenvalue weighted by molar-refractivity contribution is -0.663. The van der Waals surface area contributed by atoms with E-state index in [1.54, 1.807) is 14.0 Å². The number of benzene rings is 1. The predicted molar refractivity (Wildman–Crippen MR) is 112 cm³/mol. The molecule has 0 spiro atoms. The Kier molecular flexibility index (Phi) is 4.97. The van der Waals surface area contributed by atoms with Crippen LogP contribution >= 0.6 is 0 Å². The number of hydrogen-bond donors (Lipinski definition) is 1. The predicted octanol–water partition coefficient (Wildman–Crippen LogP) is 1.04. The molecule has 1 aliphatic rings. The molecule has 0 radical (unpaired) electrons. The van der Waals surface area contributed by atoms with Gasteiger partial charge in [0.1, 0.15) is 12.2 Å². The zero-order chi connectivity index (χ0) is 21.6. The van der Waals surface area contributed by atoms with Crippen molar-refractivity contribution in [3.63, 3.8) is 0 Å². The number of aromatic amines is 1. The first-order valence-corrected chi connectivity index (χ1v) is 10.1. The van der Waals surface area contributed by atoms with E-state index in [4.69, 9.17) is 4.74 Å². The van der Waals surface area contributed by atoms with Crippen LogP contribution in [0.2, 0.25) is 0 Å². The van der Waals surface area contributed by atoms with E-state index in [-0.39, 0.29) is 6.61 Å². The van der Waals surface area contributed by atoms with Gasteiger partial charge in [0.2, 0.25) is 11.2 Å². The number of nitrogens with zero attached hydrogens (tertiary/aromatic N) is 4. The van der Waals surface area contributed by atoms with Crippen LogP contribution in [-0.2, 0) is 29.7 Å². The van der Waals surface area contributed by atoms with Crippen LogP contribution < -0.4 is 20.7 Å². The summed E-state index contributed by atoms with van der Waals surface area (Å²) < 4.78 is 9.15. The van der Waals surface area contributed by atoms with E-state index >= 15 is 0 Å². The average molecular weight is 412 g/mol. The van der Waals surface area contributed by atoms with E-state index in [2.05, 4.69) is 41.9 Å². The van der Waals surface area contributed by atoms with E-state index in [0.29, 0.717) is 17.7 Å². The number of esters is 1. The Balaban J connectivity index is 1.92. The Bertz CT molecular complexity index is 1250. The number of aryl methyl sites for hydroxylation is 4. The van der Waals surface area contributed by atoms with Gasteiger partial charge in [-0.25, -0.2) is 23.8 Å². The van der Waals surface area contributed by atoms with Gasteiger partial charge in [-0.3, -0.25) is 14.2 Å². The van der Waals surface area contributed by atoms with Crippen molar-refractivity contribution in [3.8, 4) is 0 Å². The highest BCUT2D eigenvalue weighted by Crippen LogP contribution is 2.27. The minimum absolute atomic E-state index is 0.190. The monoisotopic (exact) mass is 412 g/mol. The van der Waals surface area contributed by atoms with Gasteiger partial charge in [0, 0.05) is 13.5 Å². The fourth-order valence-corrected chi connectivity index (χ4v) is 4.17. The quantitative estimate of drug-likeness (QED) is 0.511. The fourth-order valence-electron chi connectivity index (χ4n) is 4.17. The Labute approximate surface area is 173 Å². The first-order chi connectivity index (χ1) is 14.3. The van der Waals surface area contributed by atoms with E-state index in [1.807, 2.05) is 4.57 Å². The summed E-state index contributed by atoms with van der Waals surface area (Å²) in [6, 6.07) is 6.32. The summed E-state index contributed by atoms with van der Waals surface area (Å²) in [7, 11) is 1.59. The topological polar surface area (TPSA) is 93.2 Å². The van der Waals surface area contributed by atoms with Crippen LogP contribution in [0.25, 0.3) is 11.2 Å². The Hall–Kier alpha value is -3.36. The summed E-state index contributed by atoms with van der Waals surface area (Å²) in [5.41, 5.74) is 3.11. The van der Waals surface area contributed by atoms with Gasteiger partial charge >= 0.3 is 17.6 Å². The van der Waals surface area contributed by atoms with Crippen LogP contribution in [0.5, 0.6) is 0 Å². The number of anilines is 2. The lowest BCUT2D eigenvalue weighted by atomic mass is 10.1. The third-order valence-corrected chi connectivity index (χ3v) is 5.41. The molecule has 0 unspecified atom stereocenters. The minimum Gasteiger partial charge on any atom is -0.465 e. The third kappa shape index (κ3) is 3.20. The molecule has 0 bridgehead atoms. The van der Waals surface area contributed by atoms with E-state index < -0.39 is 23.8 Å². The zero-order valence-electron chi connectivity index (χ0n) is 17.7. The standard InChI is InChI=1S/C21H25N5O4/c1-5-30-16(27)12-26-19(28)17-18(23(4)21(26)29)22-20-24(7-6-8-25(17)20)15-10-13(2)9-14(3)11-15/h9-11H,5-8,12H2,1-4H3/p+1. The number of hydrogen-bond acceptors (Lipinski definition) is 5. The molecule has 1 aliphatic heterocycles. The van der Waals surface area contributed by atoms with E-state index in [1.165, 1.54) is 4.57 Å². The Morgan fingerprint density at radius 2 is 1.90 bits per heavy atom. The second kappa shape index (κ2) is 7.47. The molecular weight excluding hydrogens is 386 g/mol. The summed E-state index contributed by atoms with van der Waals surface area (Å²) in [6.45, 7) is 7.01. The van der Waals surface area contributed by atoms with Crippen LogP contribution in [0, 0.1) is 13.8 Å². The van der Waals surface area contributed by atoms with Gasteiger partial charge in [0.25, 0.3) is 5.56 Å². The molecule has 0 amide bonds. The van der Waals surface area contributed by atoms with Gasteiger partial charge in [0.15, 0.2) is 0 Å². The highest BCUT2D eigenvalue weighted by molar-refractivity contribution is 5.72. The normalized spacial score (nSPS) is 13.5. The summed E-state index contributed by atoms with van der Waals surface area (Å²) in [5, 5.41) is 0. The molecule has 0 fully saturated rings. The van der Waals surface area contributed by atoms with Gasteiger partial charge in [-0.2, -0.15) is 0 Å². The molecule has 1 N–H and O–H groups in total. The molecule has 30 heavy (non-hydrogen) atoms. The maximum atomic E-state index is 13.2. The molecular formula is C21H26N5O4+. The number of fused-ring (bicyclic) bond motifs is 3. The van der Waals surface area contributed by atoms with Gasteiger partial charge in [-0.05, 0) is 44.0 Å². The number of carbonyl (C=O) groups is 1. The minimum atomic E-state index is -0.609. The molecule has 0 aliphatic carbocycles. The number of nitrogens with one attached hydrogen (secondary N) is 1. The van der Waals surface area contributed by atoms with Crippen molar-refractivity contribution in [3.05, 3.63) is 50.2 Å². The summed E-state index contributed by atoms with van der Waals surface area (Å²) in [5.74, 6) is 0.143. The molecule has 0 atom stereocenters. The summed E-state index contributed by atoms with van der Waals surface area (Å²) in [4.78, 5) is 43.3. The SMILES string of the molecule is CCOC(=O)Cn1c(=O)c2c([nH]c3[n+]2CCCN3c2cc(C)cc(C)c2)n(C)c1=O. The second-order valence-corrected chi connectivity index (χ2v) is 7.69. The number of aromatic nitrogens is 4. The van der Waals surface area contributed by atoms with Crippen molar-refractivity contribution in [1.82, 2.24) is 14.1 Å². The summed E-state index contributed by atoms with van der Waals surface area (Å²) in [6.07, 6.45) is 0.845. The summed E-state index contributed by atoms with van der Waals surface area (Å²) >= 11 is 0. The Morgan fingerprint density at radius 1 is 1.20 bits per heavy atom. The van der Waals surface area contributed by atoms with E-state index in [0.717, 1.165) is 40.3 Å². The molecule has 4 rings (SSSR count). The molecule has 1 aromatic carbocycles. The maximum Gasteiger partial charge on any atom is 0.364 e. The van der Waals surface area contributed by atoms with Crippen molar-refractivity contribution in [2.45, 2.75) is 40.3 Å². The molecule has 9 heteroatoms. The molecule has 2 aromatic heterocycles. The van der Waals surface area contributed by atoms with Crippen molar-refractivity contribution >= 4 is 28.8 Å².